The van der Waals surface area contributed by atoms with E-state index in [4.69, 9.17) is 0 Å². The van der Waals surface area contributed by atoms with Crippen LogP contribution in [0.1, 0.15) is 187 Å². The maximum absolute atomic E-state index is 13.5. The summed E-state index contributed by atoms with van der Waals surface area (Å²) in [4.78, 5) is 13.5. The van der Waals surface area contributed by atoms with Crippen LogP contribution in [0.4, 0.5) is 0 Å². The second-order valence-corrected chi connectivity index (χ2v) is 14.1. The van der Waals surface area contributed by atoms with Crippen molar-refractivity contribution in [2.45, 2.75) is 187 Å². The zero-order valence-corrected chi connectivity index (χ0v) is 25.7. The minimum Gasteiger partial charge on any atom is -0.478 e. The molecule has 3 fully saturated rings. The highest BCUT2D eigenvalue weighted by atomic mass is 16.4. The molecule has 0 amide bonds. The SMILES string of the molecule is CC(C)(C(C(=O)O)=C(C1CCCCCCCCC1)C1CCCCCCCCC1)C1CCCCCCCCC1. The van der Waals surface area contributed by atoms with Crippen LogP contribution in [0.15, 0.2) is 11.1 Å². The molecular weight excluding hydrogens is 464 g/mol. The van der Waals surface area contributed by atoms with E-state index < -0.39 is 5.97 Å². The van der Waals surface area contributed by atoms with Crippen LogP contribution >= 0.6 is 0 Å². The quantitative estimate of drug-likeness (QED) is 0.360. The molecule has 0 atom stereocenters. The summed E-state index contributed by atoms with van der Waals surface area (Å²) < 4.78 is 0. The molecule has 0 aromatic rings. The van der Waals surface area contributed by atoms with E-state index in [9.17, 15) is 9.90 Å². The zero-order valence-electron chi connectivity index (χ0n) is 25.7. The monoisotopic (exact) mass is 528 g/mol. The van der Waals surface area contributed by atoms with Crippen molar-refractivity contribution in [1.29, 1.82) is 0 Å². The molecule has 3 saturated carbocycles. The first-order chi connectivity index (χ1) is 18.5. The predicted octanol–water partition coefficient (Wildman–Crippen LogP) is 11.8. The number of hydrogen-bond acceptors (Lipinski definition) is 1. The lowest BCUT2D eigenvalue weighted by molar-refractivity contribution is -0.134. The summed E-state index contributed by atoms with van der Waals surface area (Å²) in [7, 11) is 0. The molecule has 0 heterocycles. The van der Waals surface area contributed by atoms with Crippen LogP contribution in [0, 0.1) is 23.2 Å². The van der Waals surface area contributed by atoms with E-state index in [2.05, 4.69) is 13.8 Å². The number of rotatable bonds is 5. The third kappa shape index (κ3) is 10.3. The van der Waals surface area contributed by atoms with Gasteiger partial charge in [0.1, 0.15) is 0 Å². The smallest absolute Gasteiger partial charge is 0.332 e. The molecule has 0 aromatic heterocycles. The summed E-state index contributed by atoms with van der Waals surface area (Å²) in [6.07, 6.45) is 35.4. The first-order valence-corrected chi connectivity index (χ1v) is 17.5. The molecule has 0 saturated heterocycles. The summed E-state index contributed by atoms with van der Waals surface area (Å²) in [6.45, 7) is 4.71. The molecule has 0 unspecified atom stereocenters. The van der Waals surface area contributed by atoms with Gasteiger partial charge >= 0.3 is 5.97 Å². The van der Waals surface area contributed by atoms with Gasteiger partial charge in [0.05, 0.1) is 0 Å². The van der Waals surface area contributed by atoms with Crippen molar-refractivity contribution < 1.29 is 9.90 Å². The van der Waals surface area contributed by atoms with Crippen molar-refractivity contribution in [2.24, 2.45) is 23.2 Å². The molecule has 0 radical (unpaired) electrons. The molecule has 0 aliphatic heterocycles. The summed E-state index contributed by atoms with van der Waals surface area (Å²) in [5.41, 5.74) is 2.11. The van der Waals surface area contributed by atoms with Gasteiger partial charge in [0.25, 0.3) is 0 Å². The molecule has 3 aliphatic rings. The minimum atomic E-state index is -0.573. The van der Waals surface area contributed by atoms with Crippen molar-refractivity contribution in [2.75, 3.05) is 0 Å². The Bertz CT molecular complexity index is 631. The second-order valence-electron chi connectivity index (χ2n) is 14.1. The highest BCUT2D eigenvalue weighted by molar-refractivity contribution is 5.89. The van der Waals surface area contributed by atoms with Gasteiger partial charge in [-0.2, -0.15) is 0 Å². The Hall–Kier alpha value is -0.790. The molecule has 0 bridgehead atoms. The molecule has 3 aliphatic carbocycles. The third-order valence-electron chi connectivity index (χ3n) is 10.9. The van der Waals surface area contributed by atoms with Crippen LogP contribution in [0.25, 0.3) is 0 Å². The zero-order chi connectivity index (χ0) is 27.1. The number of allylic oxidation sites excluding steroid dienone is 1. The number of carboxylic acid groups (broad SMARTS) is 1. The molecule has 38 heavy (non-hydrogen) atoms. The molecule has 2 heteroatoms. The average Bonchev–Trinajstić information content (AvgIpc) is 2.91. The molecule has 220 valence electrons. The van der Waals surface area contributed by atoms with Crippen LogP contribution < -0.4 is 0 Å². The van der Waals surface area contributed by atoms with Gasteiger partial charge in [0, 0.05) is 5.57 Å². The predicted molar refractivity (Wildman–Crippen MR) is 164 cm³/mol. The molecule has 3 rings (SSSR count). The van der Waals surface area contributed by atoms with E-state index in [0.29, 0.717) is 17.8 Å². The van der Waals surface area contributed by atoms with Gasteiger partial charge in [-0.15, -0.1) is 0 Å². The van der Waals surface area contributed by atoms with Gasteiger partial charge in [-0.25, -0.2) is 4.79 Å². The number of carbonyl (C=O) groups is 1. The van der Waals surface area contributed by atoms with Gasteiger partial charge in [0.2, 0.25) is 0 Å². The molecule has 0 aromatic carbocycles. The first-order valence-electron chi connectivity index (χ1n) is 17.5. The summed E-state index contributed by atoms with van der Waals surface area (Å²) in [5.74, 6) is 0.911. The van der Waals surface area contributed by atoms with E-state index in [1.807, 2.05) is 0 Å². The fourth-order valence-corrected chi connectivity index (χ4v) is 8.49. The Labute approximate surface area is 237 Å². The van der Waals surface area contributed by atoms with Gasteiger partial charge in [-0.3, -0.25) is 0 Å². The van der Waals surface area contributed by atoms with Crippen molar-refractivity contribution >= 4 is 5.97 Å². The number of hydrogen-bond donors (Lipinski definition) is 1. The summed E-state index contributed by atoms with van der Waals surface area (Å²) in [5, 5.41) is 11.1. The van der Waals surface area contributed by atoms with Crippen LogP contribution in [0.2, 0.25) is 0 Å². The van der Waals surface area contributed by atoms with Crippen molar-refractivity contribution in [3.05, 3.63) is 11.1 Å². The second kappa shape index (κ2) is 17.8. The first kappa shape index (κ1) is 31.7. The van der Waals surface area contributed by atoms with E-state index >= 15 is 0 Å². The normalized spacial score (nSPS) is 24.3. The lowest BCUT2D eigenvalue weighted by Gasteiger charge is -2.41. The fourth-order valence-electron chi connectivity index (χ4n) is 8.49. The van der Waals surface area contributed by atoms with Crippen LogP contribution in [0.3, 0.4) is 0 Å². The molecule has 2 nitrogen and oxygen atoms in total. The standard InChI is InChI=1S/C36H64O2/c1-36(2,32-28-22-16-10-5-11-17-23-29-32)34(35(37)38)33(30-24-18-12-6-3-7-13-19-25-30)31-26-20-14-8-4-9-15-21-27-31/h30-32H,3-29H2,1-2H3,(H,37,38). The van der Waals surface area contributed by atoms with Gasteiger partial charge in [-0.05, 0) is 61.7 Å². The highest BCUT2D eigenvalue weighted by Crippen LogP contribution is 2.48. The van der Waals surface area contributed by atoms with E-state index in [-0.39, 0.29) is 5.41 Å². The Balaban J connectivity index is 2.03. The van der Waals surface area contributed by atoms with E-state index in [0.717, 1.165) is 5.57 Å². The Morgan fingerprint density at radius 2 is 0.737 bits per heavy atom. The topological polar surface area (TPSA) is 37.3 Å². The molecular formula is C36H64O2. The third-order valence-corrected chi connectivity index (χ3v) is 10.9. The Morgan fingerprint density at radius 3 is 1.03 bits per heavy atom. The fraction of sp³-hybridized carbons (Fsp3) is 0.917. The summed E-state index contributed by atoms with van der Waals surface area (Å²) >= 11 is 0. The molecule has 0 spiro atoms. The number of aliphatic carboxylic acids is 1. The van der Waals surface area contributed by atoms with Crippen molar-refractivity contribution in [3.63, 3.8) is 0 Å². The van der Waals surface area contributed by atoms with Crippen LogP contribution in [0.5, 0.6) is 0 Å². The Kier molecular flexibility index (Phi) is 14.9. The molecule has 1 N–H and O–H groups in total. The maximum Gasteiger partial charge on any atom is 0.332 e. The largest absolute Gasteiger partial charge is 0.478 e. The minimum absolute atomic E-state index is 0.245. The van der Waals surface area contributed by atoms with E-state index in [1.165, 1.54) is 179 Å². The lowest BCUT2D eigenvalue weighted by atomic mass is 9.63. The van der Waals surface area contributed by atoms with Crippen LogP contribution in [-0.2, 0) is 4.79 Å². The van der Waals surface area contributed by atoms with Gasteiger partial charge in [-0.1, -0.05) is 154 Å². The van der Waals surface area contributed by atoms with Gasteiger partial charge in [0.15, 0.2) is 0 Å². The van der Waals surface area contributed by atoms with Crippen molar-refractivity contribution in [3.8, 4) is 0 Å². The average molecular weight is 529 g/mol. The summed E-state index contributed by atoms with van der Waals surface area (Å²) in [6, 6.07) is 0. The maximum atomic E-state index is 13.5. The van der Waals surface area contributed by atoms with Gasteiger partial charge < -0.3 is 5.11 Å². The van der Waals surface area contributed by atoms with Crippen molar-refractivity contribution in [1.82, 2.24) is 0 Å². The Morgan fingerprint density at radius 1 is 0.474 bits per heavy atom. The van der Waals surface area contributed by atoms with Crippen LogP contribution in [-0.4, -0.2) is 11.1 Å². The number of carboxylic acids is 1. The highest BCUT2D eigenvalue weighted by Gasteiger charge is 2.41. The van der Waals surface area contributed by atoms with E-state index in [1.54, 1.807) is 0 Å². The lowest BCUT2D eigenvalue weighted by Crippen LogP contribution is -2.34.